The summed E-state index contributed by atoms with van der Waals surface area (Å²) in [5.41, 5.74) is 3.43. The molecule has 0 aliphatic carbocycles. The summed E-state index contributed by atoms with van der Waals surface area (Å²) >= 11 is 0. The van der Waals surface area contributed by atoms with Crippen LogP contribution in [0.4, 0.5) is 8.78 Å². The Morgan fingerprint density at radius 3 is 2.63 bits per heavy atom. The van der Waals surface area contributed by atoms with E-state index in [4.69, 9.17) is 19.0 Å². The zero-order chi connectivity index (χ0) is 21.6. The van der Waals surface area contributed by atoms with E-state index in [0.29, 0.717) is 34.5 Å². The minimum absolute atomic E-state index is 0.0397. The monoisotopic (exact) mass is 418 g/mol. The van der Waals surface area contributed by atoms with E-state index in [1.54, 1.807) is 19.1 Å². The van der Waals surface area contributed by atoms with Crippen molar-refractivity contribution in [1.82, 2.24) is 0 Å². The van der Waals surface area contributed by atoms with Gasteiger partial charge in [0.2, 0.25) is 0 Å². The Kier molecular flexibility index (Phi) is 4.80. The van der Waals surface area contributed by atoms with Crippen LogP contribution in [0, 0.1) is 20.8 Å². The molecule has 0 atom stereocenters. The number of fused-ring (bicyclic) bond motifs is 2. The number of ether oxygens (including phenoxy) is 3. The van der Waals surface area contributed by atoms with Gasteiger partial charge in [0, 0.05) is 11.8 Å². The minimum Gasteiger partial charge on any atom is -0.488 e. The van der Waals surface area contributed by atoms with E-state index in [1.807, 2.05) is 19.9 Å². The molecule has 158 valence electrons. The maximum Gasteiger partial charge on any atom is 0.586 e. The third-order valence-electron chi connectivity index (χ3n) is 5.22. The van der Waals surface area contributed by atoms with Gasteiger partial charge in [0.1, 0.15) is 23.7 Å². The van der Waals surface area contributed by atoms with Crippen LogP contribution in [0.5, 0.6) is 17.2 Å². The van der Waals surface area contributed by atoms with E-state index in [2.05, 4.69) is 4.74 Å². The molecule has 3 aromatic rings. The van der Waals surface area contributed by atoms with Crippen LogP contribution in [0.25, 0.3) is 11.0 Å². The van der Waals surface area contributed by atoms with Gasteiger partial charge in [0.15, 0.2) is 11.5 Å². The Labute approximate surface area is 171 Å². The molecule has 2 heterocycles. The van der Waals surface area contributed by atoms with Crippen molar-refractivity contribution in [3.8, 4) is 17.2 Å². The van der Waals surface area contributed by atoms with Crippen molar-refractivity contribution in [2.75, 3.05) is 0 Å². The van der Waals surface area contributed by atoms with Crippen LogP contribution in [-0.4, -0.2) is 17.4 Å². The van der Waals surface area contributed by atoms with Gasteiger partial charge in [-0.2, -0.15) is 0 Å². The Balaban J connectivity index is 1.65. The number of halogens is 2. The molecule has 0 amide bonds. The fraction of sp³-hybridized carbons (Fsp3) is 0.318. The molecule has 0 saturated heterocycles. The van der Waals surface area contributed by atoms with Gasteiger partial charge in [-0.25, -0.2) is 0 Å². The predicted molar refractivity (Wildman–Crippen MR) is 103 cm³/mol. The fourth-order valence-corrected chi connectivity index (χ4v) is 3.59. The maximum absolute atomic E-state index is 13.6. The molecular formula is C22H20F2O6. The van der Waals surface area contributed by atoms with Gasteiger partial charge in [0.05, 0.1) is 5.56 Å². The van der Waals surface area contributed by atoms with E-state index in [0.717, 1.165) is 16.7 Å². The van der Waals surface area contributed by atoms with Crippen molar-refractivity contribution in [3.63, 3.8) is 0 Å². The third kappa shape index (κ3) is 3.65. The van der Waals surface area contributed by atoms with Gasteiger partial charge in [0.25, 0.3) is 0 Å². The first-order valence-corrected chi connectivity index (χ1v) is 9.40. The summed E-state index contributed by atoms with van der Waals surface area (Å²) in [6.07, 6.45) is -3.29. The Bertz CT molecular complexity index is 1150. The SMILES string of the molecule is Cc1cc2cc3c(c(COc4ccc(CCC(=O)O)c(C)c4C)c2o1)OC(F)(F)O3. The summed E-state index contributed by atoms with van der Waals surface area (Å²) < 4.78 is 48.2. The lowest BCUT2D eigenvalue weighted by atomic mass is 9.99. The second kappa shape index (κ2) is 7.19. The molecule has 1 aliphatic heterocycles. The molecule has 1 aliphatic rings. The molecule has 1 aromatic heterocycles. The third-order valence-corrected chi connectivity index (χ3v) is 5.22. The first kappa shape index (κ1) is 20.0. The number of rotatable bonds is 6. The zero-order valence-electron chi connectivity index (χ0n) is 16.7. The van der Waals surface area contributed by atoms with Crippen molar-refractivity contribution in [2.45, 2.75) is 46.5 Å². The van der Waals surface area contributed by atoms with Crippen molar-refractivity contribution < 1.29 is 37.3 Å². The van der Waals surface area contributed by atoms with Crippen LogP contribution < -0.4 is 14.2 Å². The van der Waals surface area contributed by atoms with Crippen molar-refractivity contribution in [3.05, 3.63) is 52.3 Å². The largest absolute Gasteiger partial charge is 0.586 e. The Hall–Kier alpha value is -3.29. The molecule has 0 fully saturated rings. The summed E-state index contributed by atoms with van der Waals surface area (Å²) in [7, 11) is 0. The summed E-state index contributed by atoms with van der Waals surface area (Å²) in [5.74, 6) is 0.156. The number of hydrogen-bond donors (Lipinski definition) is 1. The predicted octanol–water partition coefficient (Wildman–Crippen LogP) is 5.28. The molecule has 2 aromatic carbocycles. The van der Waals surface area contributed by atoms with Crippen molar-refractivity contribution in [1.29, 1.82) is 0 Å². The highest BCUT2D eigenvalue weighted by Crippen LogP contribution is 2.47. The van der Waals surface area contributed by atoms with Crippen LogP contribution in [0.1, 0.15) is 34.4 Å². The van der Waals surface area contributed by atoms with E-state index < -0.39 is 12.3 Å². The standard InChI is InChI=1S/C22H20F2O6/c1-11-8-15-9-18-21(30-22(23,24)29-18)16(20(15)28-11)10-27-17-6-4-14(5-7-19(25)26)12(2)13(17)3/h4,6,8-9H,5,7,10H2,1-3H3,(H,25,26). The quantitative estimate of drug-likeness (QED) is 0.587. The average molecular weight is 418 g/mol. The lowest BCUT2D eigenvalue weighted by Crippen LogP contribution is -2.26. The lowest BCUT2D eigenvalue weighted by molar-refractivity contribution is -0.287. The van der Waals surface area contributed by atoms with Gasteiger partial charge in [-0.15, -0.1) is 8.78 Å². The molecule has 30 heavy (non-hydrogen) atoms. The number of benzene rings is 2. The van der Waals surface area contributed by atoms with E-state index >= 15 is 0 Å². The smallest absolute Gasteiger partial charge is 0.488 e. The minimum atomic E-state index is -3.75. The van der Waals surface area contributed by atoms with E-state index in [1.165, 1.54) is 6.07 Å². The molecule has 4 rings (SSSR count). The van der Waals surface area contributed by atoms with Gasteiger partial charge in [-0.3, -0.25) is 4.79 Å². The molecule has 0 saturated carbocycles. The highest BCUT2D eigenvalue weighted by molar-refractivity contribution is 5.86. The summed E-state index contributed by atoms with van der Waals surface area (Å²) in [6, 6.07) is 6.75. The molecule has 0 radical (unpaired) electrons. The van der Waals surface area contributed by atoms with Crippen LogP contribution in [0.3, 0.4) is 0 Å². The number of hydrogen-bond acceptors (Lipinski definition) is 5. The second-order valence-electron chi connectivity index (χ2n) is 7.28. The summed E-state index contributed by atoms with van der Waals surface area (Å²) in [5, 5.41) is 9.51. The van der Waals surface area contributed by atoms with Crippen molar-refractivity contribution in [2.24, 2.45) is 0 Å². The van der Waals surface area contributed by atoms with Crippen LogP contribution in [-0.2, 0) is 17.8 Å². The highest BCUT2D eigenvalue weighted by Gasteiger charge is 2.45. The number of carboxylic acids is 1. The maximum atomic E-state index is 13.6. The van der Waals surface area contributed by atoms with Gasteiger partial charge in [-0.1, -0.05) is 6.07 Å². The lowest BCUT2D eigenvalue weighted by Gasteiger charge is -2.15. The van der Waals surface area contributed by atoms with Gasteiger partial charge < -0.3 is 23.7 Å². The summed E-state index contributed by atoms with van der Waals surface area (Å²) in [6.45, 7) is 5.45. The van der Waals surface area contributed by atoms with E-state index in [-0.39, 0.29) is 24.5 Å². The number of furan rings is 1. The first-order chi connectivity index (χ1) is 14.1. The van der Waals surface area contributed by atoms with Crippen LogP contribution >= 0.6 is 0 Å². The fourth-order valence-electron chi connectivity index (χ4n) is 3.59. The Morgan fingerprint density at radius 1 is 1.13 bits per heavy atom. The Morgan fingerprint density at radius 2 is 1.90 bits per heavy atom. The molecule has 8 heteroatoms. The number of aryl methyl sites for hydroxylation is 2. The number of alkyl halides is 2. The van der Waals surface area contributed by atoms with E-state index in [9.17, 15) is 13.6 Å². The molecule has 0 spiro atoms. The number of aliphatic carboxylic acids is 1. The molecular weight excluding hydrogens is 398 g/mol. The molecule has 0 unspecified atom stereocenters. The second-order valence-corrected chi connectivity index (χ2v) is 7.28. The van der Waals surface area contributed by atoms with Crippen molar-refractivity contribution >= 4 is 16.9 Å². The average Bonchev–Trinajstić information content (AvgIpc) is 3.17. The van der Waals surface area contributed by atoms with Crippen LogP contribution in [0.2, 0.25) is 0 Å². The molecule has 1 N–H and O–H groups in total. The van der Waals surface area contributed by atoms with Gasteiger partial charge >= 0.3 is 12.3 Å². The number of carbonyl (C=O) groups is 1. The first-order valence-electron chi connectivity index (χ1n) is 9.40. The number of carboxylic acid groups (broad SMARTS) is 1. The summed E-state index contributed by atoms with van der Waals surface area (Å²) in [4.78, 5) is 10.8. The molecule has 0 bridgehead atoms. The van der Waals surface area contributed by atoms with Gasteiger partial charge in [-0.05, 0) is 62.1 Å². The highest BCUT2D eigenvalue weighted by atomic mass is 19.3. The van der Waals surface area contributed by atoms with Crippen LogP contribution in [0.15, 0.2) is 28.7 Å². The molecule has 6 nitrogen and oxygen atoms in total. The normalized spacial score (nSPS) is 14.3. The topological polar surface area (TPSA) is 78.1 Å². The zero-order valence-corrected chi connectivity index (χ0v) is 16.7.